The van der Waals surface area contributed by atoms with E-state index in [0.717, 1.165) is 36.8 Å². The van der Waals surface area contributed by atoms with Gasteiger partial charge in [-0.1, -0.05) is 24.9 Å². The predicted molar refractivity (Wildman–Crippen MR) is 117 cm³/mol. The van der Waals surface area contributed by atoms with E-state index in [-0.39, 0.29) is 6.04 Å². The Morgan fingerprint density at radius 3 is 2.73 bits per heavy atom. The molecule has 1 fully saturated rings. The zero-order chi connectivity index (χ0) is 21.5. The molecule has 0 aromatic carbocycles. The number of anilines is 2. The monoisotopic (exact) mass is 430 g/mol. The Morgan fingerprint density at radius 2 is 1.97 bits per heavy atom. The highest BCUT2D eigenvalue weighted by molar-refractivity contribution is 6.32. The summed E-state index contributed by atoms with van der Waals surface area (Å²) in [4.78, 5) is 12.6. The molecule has 9 heteroatoms. The van der Waals surface area contributed by atoms with Gasteiger partial charge in [-0.15, -0.1) is 0 Å². The first-order valence-electron chi connectivity index (χ1n) is 10.1. The third-order valence-corrected chi connectivity index (χ3v) is 6.69. The molecule has 0 aliphatic heterocycles. The molecule has 1 aliphatic carbocycles. The van der Waals surface area contributed by atoms with Crippen LogP contribution in [0.3, 0.4) is 0 Å². The summed E-state index contributed by atoms with van der Waals surface area (Å²) in [6.07, 6.45) is 5.63. The molecule has 0 saturated heterocycles. The number of nitrogen functional groups attached to an aromatic ring is 2. The highest BCUT2D eigenvalue weighted by Gasteiger charge is 2.50. The van der Waals surface area contributed by atoms with Gasteiger partial charge in [-0.2, -0.15) is 0 Å². The van der Waals surface area contributed by atoms with Crippen LogP contribution in [0.2, 0.25) is 5.02 Å². The molecule has 160 valence electrons. The molecule has 30 heavy (non-hydrogen) atoms. The number of unbranched alkanes of at least 4 members (excludes halogenated alkanes) is 1. The van der Waals surface area contributed by atoms with Gasteiger partial charge in [0.25, 0.3) is 0 Å². The van der Waals surface area contributed by atoms with Gasteiger partial charge in [-0.05, 0) is 49.3 Å². The number of aryl methyl sites for hydroxylation is 1. The van der Waals surface area contributed by atoms with Gasteiger partial charge in [0, 0.05) is 11.9 Å². The van der Waals surface area contributed by atoms with E-state index >= 15 is 0 Å². The van der Waals surface area contributed by atoms with E-state index in [4.69, 9.17) is 23.1 Å². The minimum Gasteiger partial charge on any atom is -0.390 e. The third-order valence-electron chi connectivity index (χ3n) is 6.37. The van der Waals surface area contributed by atoms with Crippen LogP contribution < -0.4 is 11.5 Å². The van der Waals surface area contributed by atoms with Gasteiger partial charge >= 0.3 is 0 Å². The number of nitrogens with two attached hydrogens (primary N) is 2. The first-order valence-corrected chi connectivity index (χ1v) is 10.5. The molecule has 8 nitrogen and oxygen atoms in total. The zero-order valence-corrected chi connectivity index (χ0v) is 17.6. The van der Waals surface area contributed by atoms with Crippen molar-refractivity contribution >= 4 is 34.3 Å². The van der Waals surface area contributed by atoms with Crippen LogP contribution in [-0.4, -0.2) is 41.9 Å². The number of halogens is 1. The van der Waals surface area contributed by atoms with E-state index in [2.05, 4.69) is 15.0 Å². The second-order valence-electron chi connectivity index (χ2n) is 8.46. The van der Waals surface area contributed by atoms with E-state index in [1.807, 2.05) is 29.8 Å². The lowest BCUT2D eigenvalue weighted by molar-refractivity contribution is -0.0250. The Labute approximate surface area is 179 Å². The smallest absolute Gasteiger partial charge is 0.145 e. The molecule has 6 N–H and O–H groups in total. The number of aromatic nitrogens is 4. The fourth-order valence-electron chi connectivity index (χ4n) is 4.59. The minimum absolute atomic E-state index is 0.269. The number of aliphatic hydroxyl groups excluding tert-OH is 2. The van der Waals surface area contributed by atoms with Crippen molar-refractivity contribution in [3.05, 3.63) is 41.4 Å². The van der Waals surface area contributed by atoms with Crippen molar-refractivity contribution in [1.29, 1.82) is 0 Å². The van der Waals surface area contributed by atoms with Crippen molar-refractivity contribution in [2.24, 2.45) is 5.41 Å². The van der Waals surface area contributed by atoms with Crippen LogP contribution in [0.15, 0.2) is 30.7 Å². The van der Waals surface area contributed by atoms with Gasteiger partial charge in [-0.3, -0.25) is 0 Å². The Morgan fingerprint density at radius 1 is 1.17 bits per heavy atom. The van der Waals surface area contributed by atoms with E-state index < -0.39 is 17.6 Å². The lowest BCUT2D eigenvalue weighted by Gasteiger charge is -2.28. The van der Waals surface area contributed by atoms with Crippen LogP contribution in [0.5, 0.6) is 0 Å². The van der Waals surface area contributed by atoms with Crippen molar-refractivity contribution in [3.8, 4) is 0 Å². The van der Waals surface area contributed by atoms with Crippen LogP contribution in [0.4, 0.5) is 11.6 Å². The highest BCUT2D eigenvalue weighted by atomic mass is 35.5. The molecule has 1 saturated carbocycles. The van der Waals surface area contributed by atoms with E-state index in [9.17, 15) is 10.2 Å². The van der Waals surface area contributed by atoms with Crippen molar-refractivity contribution in [2.75, 3.05) is 11.5 Å². The Balaban J connectivity index is 1.42. The Bertz CT molecular complexity index is 1060. The van der Waals surface area contributed by atoms with Crippen molar-refractivity contribution in [1.82, 2.24) is 19.5 Å². The second-order valence-corrected chi connectivity index (χ2v) is 8.86. The number of aliphatic hydroxyl groups is 2. The van der Waals surface area contributed by atoms with Gasteiger partial charge in [0.05, 0.1) is 22.6 Å². The Kier molecular flexibility index (Phi) is 5.57. The molecule has 0 bridgehead atoms. The maximum Gasteiger partial charge on any atom is 0.145 e. The van der Waals surface area contributed by atoms with Crippen molar-refractivity contribution < 1.29 is 10.2 Å². The molecule has 4 atom stereocenters. The van der Waals surface area contributed by atoms with E-state index in [1.165, 1.54) is 6.33 Å². The van der Waals surface area contributed by atoms with Gasteiger partial charge in [0.1, 0.15) is 29.7 Å². The van der Waals surface area contributed by atoms with Gasteiger partial charge < -0.3 is 26.2 Å². The standard InChI is InChI=1S/C21H27ClN6O2/c1-21(8-3-2-4-12-5-6-14(22)19(24)27-12)10-15(16(29)17(21)30)28-9-7-13-18(23)25-11-26-20(13)28/h5-7,9,11,15-17,29-30H,2-4,8,10H2,1H3,(H2,24,27)(H2,23,25,26)/t15-,16+,17+,21+/m1/s1. The molecular weight excluding hydrogens is 404 g/mol. The first kappa shape index (κ1) is 20.8. The van der Waals surface area contributed by atoms with Crippen LogP contribution in [0.25, 0.3) is 11.0 Å². The minimum atomic E-state index is -0.875. The fourth-order valence-corrected chi connectivity index (χ4v) is 4.69. The van der Waals surface area contributed by atoms with Crippen molar-refractivity contribution in [3.63, 3.8) is 0 Å². The molecule has 3 aromatic heterocycles. The number of hydrogen-bond acceptors (Lipinski definition) is 7. The average molecular weight is 431 g/mol. The number of fused-ring (bicyclic) bond motifs is 1. The SMILES string of the molecule is C[C@]1(CCCCc2ccc(Cl)c(N)n2)C[C@@H](n2ccc3c(N)ncnc32)[C@H](O)[C@@H]1O. The Hall–Kier alpha value is -2.42. The van der Waals surface area contributed by atoms with Gasteiger partial charge in [0.15, 0.2) is 0 Å². The number of pyridine rings is 1. The molecule has 0 radical (unpaired) electrons. The summed E-state index contributed by atoms with van der Waals surface area (Å²) in [5.41, 5.74) is 12.9. The highest BCUT2D eigenvalue weighted by Crippen LogP contribution is 2.48. The van der Waals surface area contributed by atoms with Crippen molar-refractivity contribution in [2.45, 2.75) is 57.3 Å². The number of nitrogens with zero attached hydrogens (tertiary/aromatic N) is 4. The molecule has 0 spiro atoms. The summed E-state index contributed by atoms with van der Waals surface area (Å²) in [5.74, 6) is 0.757. The lowest BCUT2D eigenvalue weighted by atomic mass is 9.80. The summed E-state index contributed by atoms with van der Waals surface area (Å²) in [6.45, 7) is 2.04. The van der Waals surface area contributed by atoms with E-state index in [0.29, 0.717) is 28.7 Å². The molecular formula is C21H27ClN6O2. The number of rotatable bonds is 6. The largest absolute Gasteiger partial charge is 0.390 e. The molecule has 3 aromatic rings. The molecule has 0 amide bonds. The maximum absolute atomic E-state index is 10.8. The average Bonchev–Trinajstić information content (AvgIpc) is 3.24. The van der Waals surface area contributed by atoms with Crippen LogP contribution in [0, 0.1) is 5.41 Å². The fraction of sp³-hybridized carbons (Fsp3) is 0.476. The summed E-state index contributed by atoms with van der Waals surface area (Å²) < 4.78 is 1.91. The van der Waals surface area contributed by atoms with Crippen LogP contribution in [-0.2, 0) is 6.42 Å². The summed E-state index contributed by atoms with van der Waals surface area (Å²) in [5, 5.41) is 22.8. The summed E-state index contributed by atoms with van der Waals surface area (Å²) in [7, 11) is 0. The topological polar surface area (TPSA) is 136 Å². The second kappa shape index (κ2) is 8.02. The van der Waals surface area contributed by atoms with Crippen LogP contribution >= 0.6 is 11.6 Å². The quantitative estimate of drug-likeness (QED) is 0.441. The summed E-state index contributed by atoms with van der Waals surface area (Å²) >= 11 is 5.92. The van der Waals surface area contributed by atoms with Gasteiger partial charge in [-0.25, -0.2) is 15.0 Å². The van der Waals surface area contributed by atoms with E-state index in [1.54, 1.807) is 6.07 Å². The van der Waals surface area contributed by atoms with Crippen LogP contribution in [0.1, 0.15) is 44.3 Å². The zero-order valence-electron chi connectivity index (χ0n) is 16.9. The third kappa shape index (κ3) is 3.71. The van der Waals surface area contributed by atoms with Gasteiger partial charge in [0.2, 0.25) is 0 Å². The summed E-state index contributed by atoms with van der Waals surface area (Å²) in [6, 6.07) is 5.23. The molecule has 1 aliphatic rings. The molecule has 3 heterocycles. The molecule has 0 unspecified atom stereocenters. The normalized spacial score (nSPS) is 26.5. The predicted octanol–water partition coefficient (Wildman–Crippen LogP) is 2.73. The number of hydrogen-bond donors (Lipinski definition) is 4. The lowest BCUT2D eigenvalue weighted by Crippen LogP contribution is -2.34. The molecule has 4 rings (SSSR count). The first-order chi connectivity index (χ1) is 14.3. The maximum atomic E-state index is 10.8.